The Kier molecular flexibility index (Phi) is 5.83. The summed E-state index contributed by atoms with van der Waals surface area (Å²) in [6.07, 6.45) is 1.25. The zero-order valence-electron chi connectivity index (χ0n) is 16.7. The van der Waals surface area contributed by atoms with Crippen LogP contribution in [-0.2, 0) is 14.8 Å². The van der Waals surface area contributed by atoms with Gasteiger partial charge >= 0.3 is 0 Å². The van der Waals surface area contributed by atoms with E-state index >= 15 is 0 Å². The quantitative estimate of drug-likeness (QED) is 0.780. The van der Waals surface area contributed by atoms with E-state index in [4.69, 9.17) is 14.2 Å². The molecule has 0 bridgehead atoms. The molecule has 0 aliphatic carbocycles. The van der Waals surface area contributed by atoms with Crippen LogP contribution in [0.15, 0.2) is 47.4 Å². The monoisotopic (exact) mass is 432 g/mol. The largest absolute Gasteiger partial charge is 0.497 e. The number of nitrogens with zero attached hydrogens (tertiary/aromatic N) is 1. The summed E-state index contributed by atoms with van der Waals surface area (Å²) in [5, 5.41) is 2.88. The molecule has 9 heteroatoms. The summed E-state index contributed by atoms with van der Waals surface area (Å²) in [5.41, 5.74) is 0.597. The summed E-state index contributed by atoms with van der Waals surface area (Å²) in [4.78, 5) is 13.0. The molecule has 2 aliphatic heterocycles. The number of hydrogen-bond donors (Lipinski definition) is 1. The predicted octanol–water partition coefficient (Wildman–Crippen LogP) is 2.51. The Hall–Kier alpha value is -2.78. The zero-order chi connectivity index (χ0) is 21.1. The van der Waals surface area contributed by atoms with Crippen LogP contribution in [0.3, 0.4) is 0 Å². The molecule has 4 rings (SSSR count). The molecule has 2 aromatic carbocycles. The Bertz CT molecular complexity index is 1020. The first-order valence-electron chi connectivity index (χ1n) is 9.82. The molecular weight excluding hydrogens is 408 g/mol. The summed E-state index contributed by atoms with van der Waals surface area (Å²) < 4.78 is 43.5. The maximum absolute atomic E-state index is 13.0. The first-order chi connectivity index (χ1) is 14.5. The molecule has 160 valence electrons. The molecule has 2 aliphatic rings. The van der Waals surface area contributed by atoms with Crippen LogP contribution in [0, 0.1) is 5.92 Å². The van der Waals surface area contributed by atoms with E-state index in [1.807, 2.05) is 0 Å². The van der Waals surface area contributed by atoms with Gasteiger partial charge in [0.05, 0.1) is 17.9 Å². The molecule has 1 atom stereocenters. The smallest absolute Gasteiger partial charge is 0.243 e. The van der Waals surface area contributed by atoms with Gasteiger partial charge in [0, 0.05) is 24.8 Å². The van der Waals surface area contributed by atoms with E-state index in [0.717, 1.165) is 0 Å². The van der Waals surface area contributed by atoms with Crippen molar-refractivity contribution in [2.75, 3.05) is 38.7 Å². The fraction of sp³-hybridized carbons (Fsp3) is 0.381. The van der Waals surface area contributed by atoms with E-state index in [9.17, 15) is 13.2 Å². The van der Waals surface area contributed by atoms with Gasteiger partial charge in [0.25, 0.3) is 0 Å². The molecule has 0 unspecified atom stereocenters. The van der Waals surface area contributed by atoms with Gasteiger partial charge in [0.2, 0.25) is 15.9 Å². The molecule has 30 heavy (non-hydrogen) atoms. The van der Waals surface area contributed by atoms with Crippen molar-refractivity contribution in [1.29, 1.82) is 0 Å². The molecule has 2 aromatic rings. The lowest BCUT2D eigenvalue weighted by Gasteiger charge is -2.31. The Labute approximate surface area is 175 Å². The van der Waals surface area contributed by atoms with Crippen molar-refractivity contribution < 1.29 is 27.4 Å². The summed E-state index contributed by atoms with van der Waals surface area (Å²) in [7, 11) is -2.15. The number of amides is 1. The number of fused-ring (bicyclic) bond motifs is 1. The van der Waals surface area contributed by atoms with Crippen molar-refractivity contribution in [1.82, 2.24) is 4.31 Å². The van der Waals surface area contributed by atoms with Gasteiger partial charge in [-0.3, -0.25) is 4.79 Å². The normalized spacial score (nSPS) is 19.2. The summed E-state index contributed by atoms with van der Waals surface area (Å²) in [5.74, 6) is 1.19. The van der Waals surface area contributed by atoms with Crippen LogP contribution in [0.5, 0.6) is 17.2 Å². The van der Waals surface area contributed by atoms with Crippen LogP contribution in [0.2, 0.25) is 0 Å². The molecule has 0 saturated carbocycles. The first-order valence-corrected chi connectivity index (χ1v) is 11.3. The highest BCUT2D eigenvalue weighted by Crippen LogP contribution is 2.33. The van der Waals surface area contributed by atoms with Gasteiger partial charge in [-0.05, 0) is 49.2 Å². The van der Waals surface area contributed by atoms with E-state index in [1.165, 1.54) is 23.5 Å². The fourth-order valence-corrected chi connectivity index (χ4v) is 5.16. The van der Waals surface area contributed by atoms with Crippen molar-refractivity contribution in [3.8, 4) is 17.2 Å². The van der Waals surface area contributed by atoms with Gasteiger partial charge in [-0.25, -0.2) is 8.42 Å². The second-order valence-electron chi connectivity index (χ2n) is 7.23. The number of hydrogen-bond acceptors (Lipinski definition) is 6. The van der Waals surface area contributed by atoms with Crippen molar-refractivity contribution in [2.45, 2.75) is 17.7 Å². The van der Waals surface area contributed by atoms with Gasteiger partial charge in [0.15, 0.2) is 11.5 Å². The molecule has 0 spiro atoms. The van der Waals surface area contributed by atoms with Crippen molar-refractivity contribution in [2.24, 2.45) is 5.92 Å². The van der Waals surface area contributed by atoms with Crippen molar-refractivity contribution >= 4 is 21.6 Å². The standard InChI is InChI=1S/C21H24N2O6S/c1-27-17-5-7-18(8-6-17)30(25,26)23-10-2-3-15(14-23)21(24)22-16-4-9-19-20(13-16)29-12-11-28-19/h4-9,13,15H,2-3,10-12,14H2,1H3,(H,22,24)/t15-/m0/s1. The number of nitrogens with one attached hydrogen (secondary N) is 1. The third-order valence-corrected chi connectivity index (χ3v) is 7.14. The van der Waals surface area contributed by atoms with Crippen LogP contribution >= 0.6 is 0 Å². The molecule has 1 saturated heterocycles. The average molecular weight is 432 g/mol. The molecule has 2 heterocycles. The molecule has 8 nitrogen and oxygen atoms in total. The van der Waals surface area contributed by atoms with E-state index in [-0.39, 0.29) is 17.3 Å². The topological polar surface area (TPSA) is 94.2 Å². The van der Waals surface area contributed by atoms with Gasteiger partial charge in [-0.15, -0.1) is 0 Å². The van der Waals surface area contributed by atoms with Crippen LogP contribution in [0.4, 0.5) is 5.69 Å². The van der Waals surface area contributed by atoms with Crippen molar-refractivity contribution in [3.63, 3.8) is 0 Å². The van der Waals surface area contributed by atoms with Gasteiger partial charge in [-0.2, -0.15) is 4.31 Å². The summed E-state index contributed by atoms with van der Waals surface area (Å²) in [6.45, 7) is 1.50. The van der Waals surface area contributed by atoms with E-state index in [1.54, 1.807) is 30.3 Å². The lowest BCUT2D eigenvalue weighted by Crippen LogP contribution is -2.43. The number of carbonyl (C=O) groups is 1. The van der Waals surface area contributed by atoms with E-state index in [0.29, 0.717) is 55.5 Å². The Morgan fingerprint density at radius 3 is 2.57 bits per heavy atom. The fourth-order valence-electron chi connectivity index (χ4n) is 3.64. The summed E-state index contributed by atoms with van der Waals surface area (Å²) in [6, 6.07) is 11.5. The Morgan fingerprint density at radius 1 is 1.10 bits per heavy atom. The van der Waals surface area contributed by atoms with Crippen molar-refractivity contribution in [3.05, 3.63) is 42.5 Å². The molecule has 0 radical (unpaired) electrons. The van der Waals surface area contributed by atoms with Crippen LogP contribution < -0.4 is 19.5 Å². The van der Waals surface area contributed by atoms with Crippen LogP contribution in [-0.4, -0.2) is 52.0 Å². The third-order valence-electron chi connectivity index (χ3n) is 5.26. The number of piperidine rings is 1. The lowest BCUT2D eigenvalue weighted by molar-refractivity contribution is -0.120. The average Bonchev–Trinajstić information content (AvgIpc) is 2.79. The number of methoxy groups -OCH3 is 1. The number of sulfonamides is 1. The minimum absolute atomic E-state index is 0.144. The van der Waals surface area contributed by atoms with Gasteiger partial charge < -0.3 is 19.5 Å². The highest BCUT2D eigenvalue weighted by molar-refractivity contribution is 7.89. The van der Waals surface area contributed by atoms with E-state index in [2.05, 4.69) is 5.32 Å². The van der Waals surface area contributed by atoms with Gasteiger partial charge in [0.1, 0.15) is 19.0 Å². The number of benzene rings is 2. The molecule has 0 aromatic heterocycles. The third kappa shape index (κ3) is 4.22. The Morgan fingerprint density at radius 2 is 1.83 bits per heavy atom. The minimum atomic E-state index is -3.68. The number of ether oxygens (including phenoxy) is 3. The lowest BCUT2D eigenvalue weighted by atomic mass is 9.98. The number of anilines is 1. The highest BCUT2D eigenvalue weighted by Gasteiger charge is 2.33. The molecule has 1 fully saturated rings. The first kappa shape index (κ1) is 20.5. The Balaban J connectivity index is 1.44. The van der Waals surface area contributed by atoms with Crippen LogP contribution in [0.1, 0.15) is 12.8 Å². The SMILES string of the molecule is COc1ccc(S(=O)(=O)N2CCC[C@H](C(=O)Nc3ccc4c(c3)OCCO4)C2)cc1. The predicted molar refractivity (Wildman–Crippen MR) is 111 cm³/mol. The molecular formula is C21H24N2O6S. The molecule has 1 N–H and O–H groups in total. The minimum Gasteiger partial charge on any atom is -0.497 e. The maximum Gasteiger partial charge on any atom is 0.243 e. The van der Waals surface area contributed by atoms with E-state index < -0.39 is 15.9 Å². The highest BCUT2D eigenvalue weighted by atomic mass is 32.2. The maximum atomic E-state index is 13.0. The second kappa shape index (κ2) is 8.53. The molecule has 1 amide bonds. The zero-order valence-corrected chi connectivity index (χ0v) is 17.5. The number of rotatable bonds is 5. The second-order valence-corrected chi connectivity index (χ2v) is 9.16. The van der Waals surface area contributed by atoms with Gasteiger partial charge in [-0.1, -0.05) is 0 Å². The number of carbonyl (C=O) groups excluding carboxylic acids is 1. The van der Waals surface area contributed by atoms with Crippen LogP contribution in [0.25, 0.3) is 0 Å². The summed E-state index contributed by atoms with van der Waals surface area (Å²) >= 11 is 0.